The number of benzene rings is 1. The van der Waals surface area contributed by atoms with E-state index in [0.717, 1.165) is 12.8 Å². The molecule has 5 atom stereocenters. The third-order valence-electron chi connectivity index (χ3n) is 5.85. The fraction of sp³-hybridized carbons (Fsp3) is 0.389. The van der Waals surface area contributed by atoms with Crippen LogP contribution in [0.5, 0.6) is 0 Å². The molecule has 3 fully saturated rings. The molecule has 3 aliphatic rings. The van der Waals surface area contributed by atoms with Gasteiger partial charge in [0.2, 0.25) is 11.8 Å². The van der Waals surface area contributed by atoms with Crippen molar-refractivity contribution in [1.29, 1.82) is 0 Å². The summed E-state index contributed by atoms with van der Waals surface area (Å²) in [5, 5.41) is 2.34. The molecule has 116 valence electrons. The van der Waals surface area contributed by atoms with Crippen molar-refractivity contribution in [2.45, 2.75) is 18.8 Å². The summed E-state index contributed by atoms with van der Waals surface area (Å²) in [5.74, 6) is 0.754. The van der Waals surface area contributed by atoms with Gasteiger partial charge in [0, 0.05) is 11.6 Å². The second-order valence-electron chi connectivity index (χ2n) is 6.79. The molecule has 2 aromatic rings. The van der Waals surface area contributed by atoms with Crippen LogP contribution in [-0.2, 0) is 9.59 Å². The first kappa shape index (κ1) is 13.4. The third-order valence-corrected chi connectivity index (χ3v) is 6.61. The SMILES string of the molecule is O=C1[C@@H]2[C@@H]3C[C@@H]([C@H]2C(=O)N1c1nccs1)[C@@H](c1ccccc1)C3. The standard InChI is InChI=1S/C18H16N2O2S/c21-16-14-11-8-12(10-4-2-1-3-5-10)13(9-11)15(14)17(22)20(16)18-19-6-7-23-18/h1-7,11-15H,8-9H2/t11-,12+,13+,14+,15+/m0/s1. The molecule has 2 bridgehead atoms. The lowest BCUT2D eigenvalue weighted by Gasteiger charge is -2.28. The van der Waals surface area contributed by atoms with E-state index in [2.05, 4.69) is 29.2 Å². The number of carbonyl (C=O) groups excluding carboxylic acids is 2. The van der Waals surface area contributed by atoms with Crippen molar-refractivity contribution in [3.63, 3.8) is 0 Å². The van der Waals surface area contributed by atoms with Crippen molar-refractivity contribution in [3.05, 3.63) is 47.5 Å². The van der Waals surface area contributed by atoms with Gasteiger partial charge in [0.05, 0.1) is 11.8 Å². The zero-order chi connectivity index (χ0) is 15.6. The number of amides is 2. The molecule has 1 aromatic heterocycles. The molecule has 1 aromatic carbocycles. The highest BCUT2D eigenvalue weighted by atomic mass is 32.1. The molecule has 0 spiro atoms. The van der Waals surface area contributed by atoms with E-state index < -0.39 is 0 Å². The summed E-state index contributed by atoms with van der Waals surface area (Å²) < 4.78 is 0. The van der Waals surface area contributed by atoms with Gasteiger partial charge < -0.3 is 0 Å². The number of hydrogen-bond acceptors (Lipinski definition) is 4. The predicted octanol–water partition coefficient (Wildman–Crippen LogP) is 3.07. The Balaban J connectivity index is 1.51. The quantitative estimate of drug-likeness (QED) is 0.798. The van der Waals surface area contributed by atoms with E-state index in [9.17, 15) is 9.59 Å². The molecular weight excluding hydrogens is 308 g/mol. The molecule has 2 heterocycles. The largest absolute Gasteiger partial charge is 0.274 e. The molecule has 1 aliphatic heterocycles. The van der Waals surface area contributed by atoms with Crippen molar-refractivity contribution in [2.24, 2.45) is 23.7 Å². The number of imide groups is 1. The minimum Gasteiger partial charge on any atom is -0.274 e. The molecule has 0 radical (unpaired) electrons. The number of fused-ring (bicyclic) bond motifs is 5. The lowest BCUT2D eigenvalue weighted by molar-refractivity contribution is -0.123. The molecule has 1 saturated heterocycles. The predicted molar refractivity (Wildman–Crippen MR) is 87.0 cm³/mol. The Labute approximate surface area is 138 Å². The highest BCUT2D eigenvalue weighted by molar-refractivity contribution is 7.14. The van der Waals surface area contributed by atoms with Gasteiger partial charge in [-0.2, -0.15) is 0 Å². The monoisotopic (exact) mass is 324 g/mol. The fourth-order valence-electron chi connectivity index (χ4n) is 5.06. The number of thiazole rings is 1. The van der Waals surface area contributed by atoms with Gasteiger partial charge in [-0.1, -0.05) is 30.3 Å². The Morgan fingerprint density at radius 3 is 2.57 bits per heavy atom. The van der Waals surface area contributed by atoms with E-state index in [1.165, 1.54) is 21.8 Å². The first-order valence-corrected chi connectivity index (χ1v) is 8.96. The Hall–Kier alpha value is -2.01. The molecule has 2 saturated carbocycles. The molecule has 0 N–H and O–H groups in total. The molecular formula is C18H16N2O2S. The van der Waals surface area contributed by atoms with Crippen LogP contribution < -0.4 is 4.90 Å². The highest BCUT2D eigenvalue weighted by Gasteiger charge is 2.64. The summed E-state index contributed by atoms with van der Waals surface area (Å²) in [7, 11) is 0. The normalized spacial score (nSPS) is 35.1. The smallest absolute Gasteiger partial charge is 0.239 e. The second kappa shape index (κ2) is 4.74. The van der Waals surface area contributed by atoms with Crippen LogP contribution in [0, 0.1) is 23.7 Å². The number of nitrogens with zero attached hydrogens (tertiary/aromatic N) is 2. The van der Waals surface area contributed by atoms with Gasteiger partial charge in [-0.15, -0.1) is 11.3 Å². The summed E-state index contributed by atoms with van der Waals surface area (Å²) in [6, 6.07) is 10.4. The van der Waals surface area contributed by atoms with Crippen LogP contribution >= 0.6 is 11.3 Å². The summed E-state index contributed by atoms with van der Waals surface area (Å²) >= 11 is 1.36. The first-order chi connectivity index (χ1) is 11.3. The maximum Gasteiger partial charge on any atom is 0.239 e. The van der Waals surface area contributed by atoms with Gasteiger partial charge >= 0.3 is 0 Å². The van der Waals surface area contributed by atoms with Crippen molar-refractivity contribution >= 4 is 28.3 Å². The topological polar surface area (TPSA) is 50.3 Å². The fourth-order valence-corrected chi connectivity index (χ4v) is 5.71. The zero-order valence-electron chi connectivity index (χ0n) is 12.5. The average Bonchev–Trinajstić information content (AvgIpc) is 3.32. The molecule has 23 heavy (non-hydrogen) atoms. The maximum atomic E-state index is 12.9. The number of anilines is 1. The van der Waals surface area contributed by atoms with E-state index >= 15 is 0 Å². The Morgan fingerprint density at radius 2 is 1.83 bits per heavy atom. The summed E-state index contributed by atoms with van der Waals surface area (Å²) in [6.07, 6.45) is 3.69. The van der Waals surface area contributed by atoms with E-state index in [-0.39, 0.29) is 23.7 Å². The van der Waals surface area contributed by atoms with E-state index in [1.54, 1.807) is 6.20 Å². The van der Waals surface area contributed by atoms with Gasteiger partial charge in [-0.05, 0) is 36.2 Å². The van der Waals surface area contributed by atoms with Gasteiger partial charge in [0.25, 0.3) is 0 Å². The number of aromatic nitrogens is 1. The summed E-state index contributed by atoms with van der Waals surface area (Å²) in [4.78, 5) is 31.3. The third kappa shape index (κ3) is 1.74. The lowest BCUT2D eigenvalue weighted by atomic mass is 9.73. The zero-order valence-corrected chi connectivity index (χ0v) is 13.3. The minimum atomic E-state index is -0.143. The van der Waals surface area contributed by atoms with Crippen molar-refractivity contribution < 1.29 is 9.59 Å². The lowest BCUT2D eigenvalue weighted by Crippen LogP contribution is -2.32. The van der Waals surface area contributed by atoms with Crippen LogP contribution in [-0.4, -0.2) is 16.8 Å². The van der Waals surface area contributed by atoms with Crippen LogP contribution in [0.4, 0.5) is 5.13 Å². The number of carbonyl (C=O) groups is 2. The van der Waals surface area contributed by atoms with Crippen LogP contribution in [0.3, 0.4) is 0 Å². The van der Waals surface area contributed by atoms with Crippen LogP contribution in [0.15, 0.2) is 41.9 Å². The number of hydrogen-bond donors (Lipinski definition) is 0. The Bertz CT molecular complexity index is 774. The maximum absolute atomic E-state index is 12.9. The van der Waals surface area contributed by atoms with Gasteiger partial charge in [-0.25, -0.2) is 9.88 Å². The molecule has 2 aliphatic carbocycles. The van der Waals surface area contributed by atoms with Gasteiger partial charge in [0.1, 0.15) is 0 Å². The average molecular weight is 324 g/mol. The highest BCUT2D eigenvalue weighted by Crippen LogP contribution is 2.61. The summed E-state index contributed by atoms with van der Waals surface area (Å²) in [5.41, 5.74) is 1.31. The molecule has 2 amide bonds. The van der Waals surface area contributed by atoms with Crippen LogP contribution in [0.1, 0.15) is 24.3 Å². The molecule has 4 nitrogen and oxygen atoms in total. The van der Waals surface area contributed by atoms with E-state index in [0.29, 0.717) is 22.9 Å². The van der Waals surface area contributed by atoms with Gasteiger partial charge in [-0.3, -0.25) is 9.59 Å². The van der Waals surface area contributed by atoms with Crippen molar-refractivity contribution in [1.82, 2.24) is 4.98 Å². The molecule has 5 heteroatoms. The van der Waals surface area contributed by atoms with Crippen molar-refractivity contribution in [2.75, 3.05) is 4.90 Å². The first-order valence-electron chi connectivity index (χ1n) is 8.08. The van der Waals surface area contributed by atoms with E-state index in [4.69, 9.17) is 0 Å². The minimum absolute atomic E-state index is 0.0195. The molecule has 0 unspecified atom stereocenters. The Kier molecular flexibility index (Phi) is 2.77. The Morgan fingerprint density at radius 1 is 1.04 bits per heavy atom. The number of rotatable bonds is 2. The molecule has 5 rings (SSSR count). The van der Waals surface area contributed by atoms with Gasteiger partial charge in [0.15, 0.2) is 5.13 Å². The van der Waals surface area contributed by atoms with E-state index in [1.807, 2.05) is 11.4 Å². The van der Waals surface area contributed by atoms with Crippen molar-refractivity contribution in [3.8, 4) is 0 Å². The van der Waals surface area contributed by atoms with Crippen LogP contribution in [0.2, 0.25) is 0 Å². The second-order valence-corrected chi connectivity index (χ2v) is 7.66. The van der Waals surface area contributed by atoms with Crippen LogP contribution in [0.25, 0.3) is 0 Å². The summed E-state index contributed by atoms with van der Waals surface area (Å²) in [6.45, 7) is 0.